The van der Waals surface area contributed by atoms with E-state index in [9.17, 15) is 14.4 Å². The average Bonchev–Trinajstić information content (AvgIpc) is 2.53. The first kappa shape index (κ1) is 15.5. The van der Waals surface area contributed by atoms with E-state index in [-0.39, 0.29) is 31.2 Å². The van der Waals surface area contributed by atoms with Crippen LogP contribution in [0, 0.1) is 0 Å². The maximum Gasteiger partial charge on any atom is 0.306 e. The third kappa shape index (κ3) is 3.34. The van der Waals surface area contributed by atoms with Crippen molar-refractivity contribution >= 4 is 23.5 Å². The summed E-state index contributed by atoms with van der Waals surface area (Å²) in [5.41, 5.74) is 1.47. The largest absolute Gasteiger partial charge is 0.481 e. The number of anilines is 1. The molecule has 2 amide bonds. The molecule has 0 saturated carbocycles. The van der Waals surface area contributed by atoms with Crippen molar-refractivity contribution in [1.82, 2.24) is 4.90 Å². The number of ether oxygens (including phenoxy) is 1. The first-order valence-corrected chi connectivity index (χ1v) is 7.55. The summed E-state index contributed by atoms with van der Waals surface area (Å²) in [4.78, 5) is 37.1. The van der Waals surface area contributed by atoms with Gasteiger partial charge in [-0.15, -0.1) is 0 Å². The number of carboxylic acids is 1. The van der Waals surface area contributed by atoms with E-state index in [1.165, 1.54) is 0 Å². The molecule has 0 aromatic heterocycles. The van der Waals surface area contributed by atoms with Crippen LogP contribution in [0.2, 0.25) is 0 Å². The molecule has 1 fully saturated rings. The van der Waals surface area contributed by atoms with Crippen LogP contribution in [0.3, 0.4) is 0 Å². The minimum Gasteiger partial charge on any atom is -0.481 e. The molecule has 122 valence electrons. The van der Waals surface area contributed by atoms with Crippen LogP contribution in [0.15, 0.2) is 24.3 Å². The maximum atomic E-state index is 12.8. The Kier molecular flexibility index (Phi) is 4.29. The molecule has 0 spiro atoms. The number of hydrogen-bond donors (Lipinski definition) is 2. The smallest absolute Gasteiger partial charge is 0.306 e. The number of fused-ring (bicyclic) bond motifs is 1. The summed E-state index contributed by atoms with van der Waals surface area (Å²) in [6.07, 6.45) is -0.527. The lowest BCUT2D eigenvalue weighted by molar-refractivity contribution is -0.148. The molecule has 2 atom stereocenters. The first-order valence-electron chi connectivity index (χ1n) is 7.55. The van der Waals surface area contributed by atoms with Gasteiger partial charge in [0, 0.05) is 25.2 Å². The van der Waals surface area contributed by atoms with Crippen LogP contribution in [0.4, 0.5) is 5.69 Å². The van der Waals surface area contributed by atoms with E-state index in [1.54, 1.807) is 11.0 Å². The van der Waals surface area contributed by atoms with Gasteiger partial charge in [-0.25, -0.2) is 0 Å². The molecule has 1 aromatic rings. The summed E-state index contributed by atoms with van der Waals surface area (Å²) in [7, 11) is 0. The number of para-hydroxylation sites is 1. The molecule has 2 aliphatic heterocycles. The van der Waals surface area contributed by atoms with E-state index in [1.807, 2.05) is 18.2 Å². The normalized spacial score (nSPS) is 23.8. The molecule has 0 unspecified atom stereocenters. The Morgan fingerprint density at radius 1 is 1.35 bits per heavy atom. The van der Waals surface area contributed by atoms with Crippen LogP contribution < -0.4 is 5.32 Å². The number of nitrogens with zero attached hydrogens (tertiary/aromatic N) is 1. The number of rotatable bonds is 3. The zero-order chi connectivity index (χ0) is 16.4. The number of nitrogens with one attached hydrogen (secondary N) is 1. The Morgan fingerprint density at radius 3 is 2.91 bits per heavy atom. The maximum absolute atomic E-state index is 12.8. The highest BCUT2D eigenvalue weighted by Crippen LogP contribution is 2.33. The van der Waals surface area contributed by atoms with E-state index in [4.69, 9.17) is 9.84 Å². The Hall–Kier alpha value is -2.41. The van der Waals surface area contributed by atoms with Crippen molar-refractivity contribution in [1.29, 1.82) is 0 Å². The van der Waals surface area contributed by atoms with Crippen LogP contribution in [-0.4, -0.2) is 53.6 Å². The second-order valence-corrected chi connectivity index (χ2v) is 5.77. The average molecular weight is 318 g/mol. The van der Waals surface area contributed by atoms with Gasteiger partial charge in [0.25, 0.3) is 0 Å². The summed E-state index contributed by atoms with van der Waals surface area (Å²) < 4.78 is 5.39. The Morgan fingerprint density at radius 2 is 2.13 bits per heavy atom. The van der Waals surface area contributed by atoms with Gasteiger partial charge in [0.2, 0.25) is 11.8 Å². The van der Waals surface area contributed by atoms with E-state index in [0.717, 1.165) is 5.56 Å². The molecular formula is C16H18N2O5. The summed E-state index contributed by atoms with van der Waals surface area (Å²) in [6, 6.07) is 7.26. The van der Waals surface area contributed by atoms with Gasteiger partial charge in [0.1, 0.15) is 0 Å². The second-order valence-electron chi connectivity index (χ2n) is 5.77. The van der Waals surface area contributed by atoms with Gasteiger partial charge < -0.3 is 20.1 Å². The zero-order valence-corrected chi connectivity index (χ0v) is 12.5. The molecule has 3 rings (SSSR count). The minimum atomic E-state index is -0.952. The van der Waals surface area contributed by atoms with E-state index < -0.39 is 18.0 Å². The molecule has 0 aliphatic carbocycles. The van der Waals surface area contributed by atoms with Crippen molar-refractivity contribution in [2.75, 3.05) is 25.0 Å². The van der Waals surface area contributed by atoms with Gasteiger partial charge in [-0.3, -0.25) is 14.4 Å². The number of aliphatic carboxylic acids is 1. The fourth-order valence-electron chi connectivity index (χ4n) is 3.09. The zero-order valence-electron chi connectivity index (χ0n) is 12.5. The summed E-state index contributed by atoms with van der Waals surface area (Å²) in [5, 5.41) is 11.6. The van der Waals surface area contributed by atoms with Crippen molar-refractivity contribution in [3.63, 3.8) is 0 Å². The molecule has 1 aromatic carbocycles. The molecule has 23 heavy (non-hydrogen) atoms. The quantitative estimate of drug-likeness (QED) is 0.860. The summed E-state index contributed by atoms with van der Waals surface area (Å²) in [6.45, 7) is 0.963. The van der Waals surface area contributed by atoms with Crippen molar-refractivity contribution in [2.24, 2.45) is 0 Å². The molecule has 2 N–H and O–H groups in total. The van der Waals surface area contributed by atoms with Gasteiger partial charge >= 0.3 is 5.97 Å². The Bertz CT molecular complexity index is 645. The molecular weight excluding hydrogens is 300 g/mol. The number of morpholine rings is 1. The van der Waals surface area contributed by atoms with Crippen molar-refractivity contribution in [3.05, 3.63) is 29.8 Å². The number of amides is 2. The van der Waals surface area contributed by atoms with E-state index in [2.05, 4.69) is 5.32 Å². The van der Waals surface area contributed by atoms with Crippen molar-refractivity contribution in [3.8, 4) is 0 Å². The predicted octanol–water partition coefficient (Wildman–Crippen LogP) is 0.814. The van der Waals surface area contributed by atoms with Crippen LogP contribution >= 0.6 is 0 Å². The number of carbonyl (C=O) groups is 3. The number of benzene rings is 1. The summed E-state index contributed by atoms with van der Waals surface area (Å²) in [5.74, 6) is -1.81. The highest BCUT2D eigenvalue weighted by molar-refractivity contribution is 6.01. The van der Waals surface area contributed by atoms with E-state index in [0.29, 0.717) is 18.8 Å². The van der Waals surface area contributed by atoms with Crippen molar-refractivity contribution < 1.29 is 24.2 Å². The fourth-order valence-corrected chi connectivity index (χ4v) is 3.09. The third-order valence-electron chi connectivity index (χ3n) is 4.15. The minimum absolute atomic E-state index is 0.108. The molecule has 7 nitrogen and oxygen atoms in total. The molecule has 7 heteroatoms. The predicted molar refractivity (Wildman–Crippen MR) is 81.0 cm³/mol. The van der Waals surface area contributed by atoms with Gasteiger partial charge in [-0.2, -0.15) is 0 Å². The number of hydrogen-bond acceptors (Lipinski definition) is 4. The first-order chi connectivity index (χ1) is 11.0. The number of carboxylic acid groups (broad SMARTS) is 1. The highest BCUT2D eigenvalue weighted by Gasteiger charge is 2.35. The Balaban J connectivity index is 1.77. The second kappa shape index (κ2) is 6.37. The molecule has 0 bridgehead atoms. The summed E-state index contributed by atoms with van der Waals surface area (Å²) >= 11 is 0. The Labute approximate surface area is 133 Å². The lowest BCUT2D eigenvalue weighted by Gasteiger charge is -2.36. The molecule has 2 aliphatic rings. The molecule has 2 heterocycles. The van der Waals surface area contributed by atoms with Crippen LogP contribution in [-0.2, 0) is 19.1 Å². The van der Waals surface area contributed by atoms with Crippen molar-refractivity contribution in [2.45, 2.75) is 24.9 Å². The van der Waals surface area contributed by atoms with Gasteiger partial charge in [-0.05, 0) is 11.6 Å². The molecule has 1 saturated heterocycles. The topological polar surface area (TPSA) is 95.9 Å². The van der Waals surface area contributed by atoms with Crippen LogP contribution in [0.25, 0.3) is 0 Å². The van der Waals surface area contributed by atoms with Gasteiger partial charge in [0.15, 0.2) is 0 Å². The molecule has 0 radical (unpaired) electrons. The highest BCUT2D eigenvalue weighted by atomic mass is 16.5. The monoisotopic (exact) mass is 318 g/mol. The van der Waals surface area contributed by atoms with Crippen LogP contribution in [0.5, 0.6) is 0 Å². The van der Waals surface area contributed by atoms with E-state index >= 15 is 0 Å². The van der Waals surface area contributed by atoms with Crippen LogP contribution in [0.1, 0.15) is 24.3 Å². The van der Waals surface area contributed by atoms with Gasteiger partial charge in [0.05, 0.1) is 25.0 Å². The standard InChI is InChI=1S/C16H18N2O5/c19-14-8-12(11-3-1-2-4-13(11)17-14)16(22)18-5-6-23-10(9-18)7-15(20)21/h1-4,10,12H,5-9H2,(H,17,19)(H,20,21)/t10-,12-/m1/s1. The third-order valence-corrected chi connectivity index (χ3v) is 4.15. The fraction of sp³-hybridized carbons (Fsp3) is 0.438. The number of carbonyl (C=O) groups excluding carboxylic acids is 2. The lowest BCUT2D eigenvalue weighted by atomic mass is 9.89. The SMILES string of the molecule is O=C(O)C[C@@H]1CN(C(=O)[C@@H]2CC(=O)Nc3ccccc32)CCO1. The van der Waals surface area contributed by atoms with Gasteiger partial charge in [-0.1, -0.05) is 18.2 Å². The lowest BCUT2D eigenvalue weighted by Crippen LogP contribution is -2.48.